The summed E-state index contributed by atoms with van der Waals surface area (Å²) in [6.45, 7) is 2.36. The predicted octanol–water partition coefficient (Wildman–Crippen LogP) is 14.5. The number of hydrogen-bond donors (Lipinski definition) is 0. The molecule has 3 heteroatoms. The van der Waals surface area contributed by atoms with E-state index in [1.807, 2.05) is 29.5 Å². The Labute approximate surface area is 336 Å². The fourth-order valence-corrected chi connectivity index (χ4v) is 10.1. The van der Waals surface area contributed by atoms with Crippen molar-refractivity contribution in [3.63, 3.8) is 0 Å². The monoisotopic (exact) mass is 744 g/mol. The molecule has 10 aromatic rings. The molecule has 2 nitrogen and oxygen atoms in total. The Morgan fingerprint density at radius 2 is 0.930 bits per heavy atom. The first-order valence-electron chi connectivity index (χ1n) is 19.5. The lowest BCUT2D eigenvalue weighted by atomic mass is 9.74. The van der Waals surface area contributed by atoms with Crippen LogP contribution in [0.4, 0.5) is 0 Å². The molecule has 8 aromatic carbocycles. The largest absolute Gasteiger partial charge is 0.228 e. The van der Waals surface area contributed by atoms with E-state index in [1.54, 1.807) is 0 Å². The van der Waals surface area contributed by atoms with Crippen LogP contribution >= 0.6 is 11.3 Å². The Kier molecular flexibility index (Phi) is 7.84. The number of fused-ring (bicyclic) bond motifs is 6. The van der Waals surface area contributed by atoms with Gasteiger partial charge in [-0.25, -0.2) is 9.97 Å². The maximum absolute atomic E-state index is 5.16. The number of hydrogen-bond acceptors (Lipinski definition) is 3. The molecule has 0 radical (unpaired) electrons. The Bertz CT molecular complexity index is 3080. The SMILES string of the molecule is CC1(c2ccc(-c3cccc(-c4cc(-c5ccc(-c6cccc7c6sc6ccccc67)cc5)nc(-c5ccccc5)n4)c3)cc2)c2ccccc2-c2ccccc21. The molecule has 11 rings (SSSR count). The Morgan fingerprint density at radius 3 is 1.68 bits per heavy atom. The van der Waals surface area contributed by atoms with Gasteiger partial charge in [-0.2, -0.15) is 0 Å². The van der Waals surface area contributed by atoms with E-state index in [0.29, 0.717) is 5.82 Å². The molecule has 0 saturated carbocycles. The van der Waals surface area contributed by atoms with E-state index in [9.17, 15) is 0 Å². The minimum Gasteiger partial charge on any atom is -0.228 e. The van der Waals surface area contributed by atoms with E-state index in [2.05, 4.69) is 189 Å². The van der Waals surface area contributed by atoms with Gasteiger partial charge < -0.3 is 0 Å². The van der Waals surface area contributed by atoms with Gasteiger partial charge in [0.05, 0.1) is 11.4 Å². The van der Waals surface area contributed by atoms with Crippen molar-refractivity contribution in [2.45, 2.75) is 12.3 Å². The summed E-state index contributed by atoms with van der Waals surface area (Å²) in [4.78, 5) is 10.3. The zero-order valence-corrected chi connectivity index (χ0v) is 32.2. The van der Waals surface area contributed by atoms with Crippen LogP contribution in [0.2, 0.25) is 0 Å². The van der Waals surface area contributed by atoms with Gasteiger partial charge in [0.2, 0.25) is 0 Å². The molecule has 0 saturated heterocycles. The Morgan fingerprint density at radius 1 is 0.386 bits per heavy atom. The normalized spacial score (nSPS) is 12.8. The van der Waals surface area contributed by atoms with Crippen molar-refractivity contribution >= 4 is 31.5 Å². The van der Waals surface area contributed by atoms with E-state index in [0.717, 1.165) is 33.6 Å². The molecule has 57 heavy (non-hydrogen) atoms. The zero-order chi connectivity index (χ0) is 37.9. The number of rotatable bonds is 6. The Balaban J connectivity index is 0.955. The lowest BCUT2D eigenvalue weighted by Gasteiger charge is -2.28. The maximum atomic E-state index is 5.16. The quantitative estimate of drug-likeness (QED) is 0.169. The minimum absolute atomic E-state index is 0.219. The Hall–Kier alpha value is -6.94. The second kappa shape index (κ2) is 13.4. The van der Waals surface area contributed by atoms with E-state index < -0.39 is 0 Å². The molecular formula is C54H36N2S. The molecule has 0 unspecified atom stereocenters. The summed E-state index contributed by atoms with van der Waals surface area (Å²) in [5.74, 6) is 0.711. The highest BCUT2D eigenvalue weighted by atomic mass is 32.1. The van der Waals surface area contributed by atoms with Crippen LogP contribution in [0.5, 0.6) is 0 Å². The van der Waals surface area contributed by atoms with Crippen LogP contribution in [0.25, 0.3) is 87.5 Å². The predicted molar refractivity (Wildman–Crippen MR) is 240 cm³/mol. The molecule has 0 aliphatic heterocycles. The standard InChI is InChI=1S/C54H36N2S/c1-54(47-22-8-5-17-43(47)44-18-6-9-23-48(44)54)41-31-29-35(30-32-41)39-15-11-16-40(33-39)50-34-49(55-53(56-50)38-13-3-2-4-14-38)37-27-25-36(26-28-37)42-20-12-21-46-45-19-7-10-24-51(45)57-52(42)46/h2-34H,1H3. The third-order valence-electron chi connectivity index (χ3n) is 11.8. The van der Waals surface area contributed by atoms with Gasteiger partial charge in [0.25, 0.3) is 0 Å². The van der Waals surface area contributed by atoms with Gasteiger partial charge in [-0.15, -0.1) is 11.3 Å². The molecule has 0 bridgehead atoms. The number of aromatic nitrogens is 2. The average Bonchev–Trinajstić information content (AvgIpc) is 3.80. The molecule has 0 amide bonds. The third-order valence-corrected chi connectivity index (χ3v) is 13.0. The molecule has 0 N–H and O–H groups in total. The summed E-state index contributed by atoms with van der Waals surface area (Å²) in [6.07, 6.45) is 0. The molecule has 1 aliphatic rings. The van der Waals surface area contributed by atoms with Crippen molar-refractivity contribution in [1.29, 1.82) is 0 Å². The van der Waals surface area contributed by atoms with Crippen molar-refractivity contribution in [2.24, 2.45) is 0 Å². The van der Waals surface area contributed by atoms with Crippen LogP contribution in [0.3, 0.4) is 0 Å². The van der Waals surface area contributed by atoms with E-state index in [-0.39, 0.29) is 5.41 Å². The van der Waals surface area contributed by atoms with Crippen LogP contribution < -0.4 is 0 Å². The summed E-state index contributed by atoms with van der Waals surface area (Å²) in [6, 6.07) is 72.2. The van der Waals surface area contributed by atoms with Crippen molar-refractivity contribution in [1.82, 2.24) is 9.97 Å². The lowest BCUT2D eigenvalue weighted by molar-refractivity contribution is 0.714. The van der Waals surface area contributed by atoms with Gasteiger partial charge in [0.15, 0.2) is 5.82 Å². The van der Waals surface area contributed by atoms with Gasteiger partial charge in [0.1, 0.15) is 0 Å². The molecule has 0 atom stereocenters. The van der Waals surface area contributed by atoms with Crippen molar-refractivity contribution in [3.8, 4) is 67.3 Å². The van der Waals surface area contributed by atoms with E-state index in [1.165, 1.54) is 64.7 Å². The molecular weight excluding hydrogens is 709 g/mol. The second-order valence-corrected chi connectivity index (χ2v) is 16.1. The van der Waals surface area contributed by atoms with Crippen molar-refractivity contribution in [2.75, 3.05) is 0 Å². The third kappa shape index (κ3) is 5.54. The van der Waals surface area contributed by atoms with Crippen LogP contribution in [-0.2, 0) is 5.41 Å². The summed E-state index contributed by atoms with van der Waals surface area (Å²) in [5, 5.41) is 2.62. The van der Waals surface area contributed by atoms with Crippen LogP contribution in [0.15, 0.2) is 200 Å². The molecule has 2 aromatic heterocycles. The molecule has 1 aliphatic carbocycles. The zero-order valence-electron chi connectivity index (χ0n) is 31.4. The second-order valence-electron chi connectivity index (χ2n) is 15.1. The summed E-state index contributed by atoms with van der Waals surface area (Å²) < 4.78 is 2.63. The maximum Gasteiger partial charge on any atom is 0.160 e. The van der Waals surface area contributed by atoms with Crippen LogP contribution in [0.1, 0.15) is 23.6 Å². The first-order valence-corrected chi connectivity index (χ1v) is 20.3. The minimum atomic E-state index is -0.219. The number of benzene rings is 8. The molecule has 0 spiro atoms. The molecule has 0 fully saturated rings. The highest BCUT2D eigenvalue weighted by Crippen LogP contribution is 2.52. The molecule has 268 valence electrons. The van der Waals surface area contributed by atoms with Crippen molar-refractivity contribution < 1.29 is 0 Å². The highest BCUT2D eigenvalue weighted by molar-refractivity contribution is 7.26. The lowest BCUT2D eigenvalue weighted by Crippen LogP contribution is -2.22. The van der Waals surface area contributed by atoms with E-state index >= 15 is 0 Å². The summed E-state index contributed by atoms with van der Waals surface area (Å²) >= 11 is 1.86. The van der Waals surface area contributed by atoms with Crippen LogP contribution in [0, 0.1) is 0 Å². The van der Waals surface area contributed by atoms with Gasteiger partial charge in [-0.05, 0) is 75.2 Å². The first-order chi connectivity index (χ1) is 28.1. The van der Waals surface area contributed by atoms with Gasteiger partial charge in [-0.1, -0.05) is 182 Å². The van der Waals surface area contributed by atoms with Gasteiger partial charge >= 0.3 is 0 Å². The van der Waals surface area contributed by atoms with E-state index in [4.69, 9.17) is 9.97 Å². The smallest absolute Gasteiger partial charge is 0.160 e. The van der Waals surface area contributed by atoms with Gasteiger partial charge in [-0.3, -0.25) is 0 Å². The van der Waals surface area contributed by atoms with Crippen LogP contribution in [-0.4, -0.2) is 9.97 Å². The molecule has 2 heterocycles. The number of thiophene rings is 1. The fourth-order valence-electron chi connectivity index (χ4n) is 8.87. The first kappa shape index (κ1) is 33.4. The summed E-state index contributed by atoms with van der Waals surface area (Å²) in [7, 11) is 0. The topological polar surface area (TPSA) is 25.8 Å². The number of nitrogens with zero attached hydrogens (tertiary/aromatic N) is 2. The summed E-state index contributed by atoms with van der Waals surface area (Å²) in [5.41, 5.74) is 16.1. The van der Waals surface area contributed by atoms with Crippen molar-refractivity contribution in [3.05, 3.63) is 217 Å². The fraction of sp³-hybridized carbons (Fsp3) is 0.0370. The average molecular weight is 745 g/mol. The van der Waals surface area contributed by atoms with Gasteiger partial charge in [0, 0.05) is 42.3 Å². The highest BCUT2D eigenvalue weighted by Gasteiger charge is 2.40.